The minimum Gasteiger partial charge on any atom is -0.494 e. The largest absolute Gasteiger partial charge is 0.494 e. The summed E-state index contributed by atoms with van der Waals surface area (Å²) in [6.07, 6.45) is 3.17. The molecule has 0 bridgehead atoms. The predicted molar refractivity (Wildman–Crippen MR) is 182 cm³/mol. The van der Waals surface area contributed by atoms with E-state index in [-0.39, 0.29) is 18.2 Å². The molecule has 2 aliphatic heterocycles. The van der Waals surface area contributed by atoms with Gasteiger partial charge in [0.25, 0.3) is 5.91 Å². The molecule has 1 aromatic heterocycles. The zero-order chi connectivity index (χ0) is 31.2. The van der Waals surface area contributed by atoms with Crippen LogP contribution in [0.2, 0.25) is 0 Å². The number of hydrogen-bond donors (Lipinski definition) is 2. The normalized spacial score (nSPS) is 14.8. The highest BCUT2D eigenvalue weighted by Crippen LogP contribution is 2.36. The molecule has 9 heteroatoms. The van der Waals surface area contributed by atoms with Crippen LogP contribution in [0.15, 0.2) is 66.7 Å². The van der Waals surface area contributed by atoms with Crippen LogP contribution in [0, 0.1) is 13.8 Å². The second-order valence-corrected chi connectivity index (χ2v) is 13.0. The van der Waals surface area contributed by atoms with Gasteiger partial charge in [-0.2, -0.15) is 0 Å². The van der Waals surface area contributed by atoms with Crippen LogP contribution in [-0.2, 0) is 17.6 Å². The summed E-state index contributed by atoms with van der Waals surface area (Å²) in [5, 5.41) is 6.97. The highest BCUT2D eigenvalue weighted by atomic mass is 32.1. The van der Waals surface area contributed by atoms with E-state index in [0.29, 0.717) is 18.3 Å². The fourth-order valence-electron chi connectivity index (χ4n) is 6.09. The molecule has 0 aliphatic carbocycles. The van der Waals surface area contributed by atoms with Crippen molar-refractivity contribution < 1.29 is 14.3 Å². The number of benzene rings is 3. The fraction of sp³-hybridized carbons (Fsp3) is 0.361. The molecule has 2 aliphatic rings. The Morgan fingerprint density at radius 1 is 0.978 bits per heavy atom. The Kier molecular flexibility index (Phi) is 9.88. The van der Waals surface area contributed by atoms with Crippen LogP contribution in [0.25, 0.3) is 11.3 Å². The Morgan fingerprint density at radius 3 is 2.67 bits per heavy atom. The molecule has 4 aromatic rings. The highest BCUT2D eigenvalue weighted by Gasteiger charge is 2.27. The van der Waals surface area contributed by atoms with Crippen LogP contribution in [0.3, 0.4) is 0 Å². The molecule has 3 heterocycles. The van der Waals surface area contributed by atoms with E-state index < -0.39 is 0 Å². The average Bonchev–Trinajstić information content (AvgIpc) is 3.64. The summed E-state index contributed by atoms with van der Waals surface area (Å²) < 4.78 is 5.99. The number of ether oxygens (including phenoxy) is 1. The van der Waals surface area contributed by atoms with Crippen molar-refractivity contribution >= 4 is 34.0 Å². The number of unbranched alkanes of at least 4 members (excludes halogenated alkanes) is 1. The molecule has 2 N–H and O–H groups in total. The highest BCUT2D eigenvalue weighted by molar-refractivity contribution is 7.16. The molecule has 0 atom stereocenters. The zero-order valence-corrected chi connectivity index (χ0v) is 26.9. The average molecular weight is 624 g/mol. The summed E-state index contributed by atoms with van der Waals surface area (Å²) in [4.78, 5) is 36.4. The van der Waals surface area contributed by atoms with E-state index in [4.69, 9.17) is 9.72 Å². The number of nitrogens with one attached hydrogen (secondary N) is 2. The third-order valence-electron chi connectivity index (χ3n) is 8.52. The molecular weight excluding hydrogens is 582 g/mol. The summed E-state index contributed by atoms with van der Waals surface area (Å²) >= 11 is 1.48. The molecule has 1 saturated heterocycles. The molecule has 234 valence electrons. The molecule has 45 heavy (non-hydrogen) atoms. The van der Waals surface area contributed by atoms with E-state index in [0.717, 1.165) is 102 Å². The lowest BCUT2D eigenvalue weighted by Crippen LogP contribution is -2.43. The number of amides is 2. The van der Waals surface area contributed by atoms with Crippen LogP contribution in [0.4, 0.5) is 10.8 Å². The van der Waals surface area contributed by atoms with Crippen molar-refractivity contribution in [3.8, 4) is 17.0 Å². The number of thiazole rings is 1. The smallest absolute Gasteiger partial charge is 0.258 e. The molecule has 6 rings (SSSR count). The van der Waals surface area contributed by atoms with Crippen LogP contribution in [0.1, 0.15) is 44.8 Å². The maximum absolute atomic E-state index is 13.3. The van der Waals surface area contributed by atoms with Gasteiger partial charge >= 0.3 is 0 Å². The number of nitrogens with zero attached hydrogens (tertiary/aromatic N) is 3. The lowest BCUT2D eigenvalue weighted by molar-refractivity contribution is -0.115. The monoisotopic (exact) mass is 623 g/mol. The fourth-order valence-corrected chi connectivity index (χ4v) is 6.94. The van der Waals surface area contributed by atoms with Crippen molar-refractivity contribution in [1.82, 2.24) is 15.2 Å². The van der Waals surface area contributed by atoms with Gasteiger partial charge in [0, 0.05) is 54.4 Å². The first-order valence-corrected chi connectivity index (χ1v) is 16.7. The van der Waals surface area contributed by atoms with Gasteiger partial charge in [-0.15, -0.1) is 11.3 Å². The van der Waals surface area contributed by atoms with Crippen molar-refractivity contribution in [2.75, 3.05) is 56.1 Å². The second-order valence-electron chi connectivity index (χ2n) is 11.8. The molecule has 0 saturated carbocycles. The van der Waals surface area contributed by atoms with Crippen molar-refractivity contribution in [1.29, 1.82) is 0 Å². The van der Waals surface area contributed by atoms with Gasteiger partial charge in [-0.05, 0) is 86.7 Å². The summed E-state index contributed by atoms with van der Waals surface area (Å²) in [5.74, 6) is 0.723. The Hall–Kier alpha value is -4.05. The SMILES string of the molecule is Cc1ccccc1C(=O)N1CCc2cc(-c3nc(NC(=O)Cc4cccc(OCCCCN5CCNCC5)c4)sc3C)ccc21. The first-order chi connectivity index (χ1) is 21.9. The van der Waals surface area contributed by atoms with E-state index in [1.807, 2.05) is 79.4 Å². The summed E-state index contributed by atoms with van der Waals surface area (Å²) in [6, 6.07) is 21.7. The molecule has 8 nitrogen and oxygen atoms in total. The predicted octanol–water partition coefficient (Wildman–Crippen LogP) is 5.88. The quantitative estimate of drug-likeness (QED) is 0.203. The topological polar surface area (TPSA) is 86.8 Å². The van der Waals surface area contributed by atoms with Crippen LogP contribution in [0.5, 0.6) is 5.75 Å². The number of fused-ring (bicyclic) bond motifs is 1. The maximum atomic E-state index is 13.3. The molecule has 0 radical (unpaired) electrons. The van der Waals surface area contributed by atoms with E-state index in [1.54, 1.807) is 0 Å². The van der Waals surface area contributed by atoms with Gasteiger partial charge in [0.2, 0.25) is 5.91 Å². The van der Waals surface area contributed by atoms with Crippen molar-refractivity contribution in [2.45, 2.75) is 39.5 Å². The molecule has 3 aromatic carbocycles. The molecular formula is C36H41N5O3S. The van der Waals surface area contributed by atoms with Gasteiger partial charge in [-0.3, -0.25) is 9.59 Å². The second kappa shape index (κ2) is 14.4. The van der Waals surface area contributed by atoms with Crippen LogP contribution in [-0.4, -0.2) is 67.6 Å². The first kappa shape index (κ1) is 31.0. The summed E-state index contributed by atoms with van der Waals surface area (Å²) in [6.45, 7) is 10.8. The van der Waals surface area contributed by atoms with Gasteiger partial charge in [0.15, 0.2) is 5.13 Å². The van der Waals surface area contributed by atoms with Gasteiger partial charge in [-0.1, -0.05) is 36.4 Å². The van der Waals surface area contributed by atoms with Crippen molar-refractivity contribution in [2.24, 2.45) is 0 Å². The van der Waals surface area contributed by atoms with Crippen molar-refractivity contribution in [3.05, 3.63) is 93.9 Å². The number of anilines is 2. The number of rotatable bonds is 11. The minimum absolute atomic E-state index is 0.0351. The summed E-state index contributed by atoms with van der Waals surface area (Å²) in [5.41, 5.74) is 6.56. The Balaban J connectivity index is 1.02. The Labute approximate surface area is 269 Å². The van der Waals surface area contributed by atoms with Crippen LogP contribution >= 0.6 is 11.3 Å². The lowest BCUT2D eigenvalue weighted by atomic mass is 10.0. The number of piperazine rings is 1. The third kappa shape index (κ3) is 7.61. The molecule has 2 amide bonds. The van der Waals surface area contributed by atoms with E-state index in [9.17, 15) is 9.59 Å². The van der Waals surface area contributed by atoms with Gasteiger partial charge in [0.1, 0.15) is 5.75 Å². The lowest BCUT2D eigenvalue weighted by Gasteiger charge is -2.26. The van der Waals surface area contributed by atoms with Crippen LogP contribution < -0.4 is 20.3 Å². The number of carbonyl (C=O) groups is 2. The van der Waals surface area contributed by atoms with E-state index in [2.05, 4.69) is 21.6 Å². The van der Waals surface area contributed by atoms with Gasteiger partial charge in [-0.25, -0.2) is 4.98 Å². The van der Waals surface area contributed by atoms with Crippen molar-refractivity contribution in [3.63, 3.8) is 0 Å². The Bertz CT molecular complexity index is 1660. The third-order valence-corrected chi connectivity index (χ3v) is 9.41. The van der Waals surface area contributed by atoms with Gasteiger partial charge < -0.3 is 25.2 Å². The standard InChI is InChI=1S/C36H41N5O3S/c1-25-8-3-4-11-31(25)35(43)41-18-14-28-24-29(12-13-32(28)41)34-26(2)45-36(39-34)38-33(42)23-27-9-7-10-30(22-27)44-21-6-5-17-40-19-15-37-16-20-40/h3-4,7-13,22,24,37H,5-6,14-21,23H2,1-2H3,(H,38,39,42). The minimum atomic E-state index is -0.109. The number of hydrogen-bond acceptors (Lipinski definition) is 7. The first-order valence-electron chi connectivity index (χ1n) is 15.9. The Morgan fingerprint density at radius 2 is 1.82 bits per heavy atom. The zero-order valence-electron chi connectivity index (χ0n) is 26.1. The number of carbonyl (C=O) groups excluding carboxylic acids is 2. The number of aromatic nitrogens is 1. The number of aryl methyl sites for hydroxylation is 2. The van der Waals surface area contributed by atoms with Gasteiger partial charge in [0.05, 0.1) is 18.7 Å². The molecule has 0 unspecified atom stereocenters. The summed E-state index contributed by atoms with van der Waals surface area (Å²) in [7, 11) is 0. The van der Waals surface area contributed by atoms with E-state index >= 15 is 0 Å². The molecule has 0 spiro atoms. The van der Waals surface area contributed by atoms with E-state index in [1.165, 1.54) is 11.3 Å². The maximum Gasteiger partial charge on any atom is 0.258 e. The molecule has 1 fully saturated rings.